The van der Waals surface area contributed by atoms with Crippen LogP contribution in [-0.2, 0) is 0 Å². The molecular weight excluding hydrogens is 190 g/mol. The van der Waals surface area contributed by atoms with Crippen molar-refractivity contribution < 1.29 is 9.90 Å². The standard InChI is InChI=1S/C12H9NO2/c14-12(15)10-7-9-5-3-1-2-4-6-11(9)13-8-10/h1-8H,(H,14,15)/b2-1?,3-1-,4-2-,5-3?,6-4?,9-5-,11-6+. The smallest absolute Gasteiger partial charge is 0.337 e. The molecule has 0 aliphatic heterocycles. The van der Waals surface area contributed by atoms with E-state index in [2.05, 4.69) is 4.98 Å². The van der Waals surface area contributed by atoms with Gasteiger partial charge in [0.2, 0.25) is 0 Å². The van der Waals surface area contributed by atoms with Crippen LogP contribution >= 0.6 is 0 Å². The second-order valence-corrected chi connectivity index (χ2v) is 3.11. The van der Waals surface area contributed by atoms with Gasteiger partial charge in [-0.15, -0.1) is 0 Å². The number of nitrogens with zero attached hydrogens (tertiary/aromatic N) is 1. The first-order valence-electron chi connectivity index (χ1n) is 4.52. The van der Waals surface area contributed by atoms with E-state index in [1.165, 1.54) is 6.20 Å². The van der Waals surface area contributed by atoms with Gasteiger partial charge in [-0.2, -0.15) is 0 Å². The quantitative estimate of drug-likeness (QED) is 0.715. The Labute approximate surface area is 86.4 Å². The minimum absolute atomic E-state index is 0.205. The zero-order chi connectivity index (χ0) is 10.7. The fourth-order valence-corrected chi connectivity index (χ4v) is 1.32. The van der Waals surface area contributed by atoms with E-state index in [9.17, 15) is 4.79 Å². The summed E-state index contributed by atoms with van der Waals surface area (Å²) in [5, 5.41) is 10.4. The average molecular weight is 199 g/mol. The Bertz CT molecular complexity index is 568. The van der Waals surface area contributed by atoms with Crippen molar-refractivity contribution in [3.8, 4) is 0 Å². The van der Waals surface area contributed by atoms with Gasteiger partial charge in [-0.3, -0.25) is 4.98 Å². The summed E-state index contributed by atoms with van der Waals surface area (Å²) in [5.41, 5.74) is 0.205. The van der Waals surface area contributed by atoms with Crippen LogP contribution in [0.2, 0.25) is 0 Å². The molecule has 0 saturated heterocycles. The number of carboxylic acid groups (broad SMARTS) is 1. The minimum Gasteiger partial charge on any atom is -0.478 e. The zero-order valence-corrected chi connectivity index (χ0v) is 7.92. The van der Waals surface area contributed by atoms with Gasteiger partial charge in [0.05, 0.1) is 10.9 Å². The maximum atomic E-state index is 10.7. The molecule has 1 heterocycles. The lowest BCUT2D eigenvalue weighted by molar-refractivity contribution is 0.0696. The summed E-state index contributed by atoms with van der Waals surface area (Å²) >= 11 is 0. The molecule has 15 heavy (non-hydrogen) atoms. The van der Waals surface area contributed by atoms with Crippen molar-refractivity contribution in [3.63, 3.8) is 0 Å². The van der Waals surface area contributed by atoms with E-state index in [-0.39, 0.29) is 5.56 Å². The highest BCUT2D eigenvalue weighted by molar-refractivity contribution is 5.87. The lowest BCUT2D eigenvalue weighted by atomic mass is 10.2. The molecular formula is C12H9NO2. The third-order valence-electron chi connectivity index (χ3n) is 2.06. The van der Waals surface area contributed by atoms with Gasteiger partial charge in [0, 0.05) is 11.4 Å². The first kappa shape index (κ1) is 9.40. The summed E-state index contributed by atoms with van der Waals surface area (Å²) in [6.45, 7) is 0. The van der Waals surface area contributed by atoms with Gasteiger partial charge in [0.25, 0.3) is 0 Å². The number of hydrogen-bond acceptors (Lipinski definition) is 2. The number of aromatic nitrogens is 1. The Balaban J connectivity index is 2.71. The molecule has 3 nitrogen and oxygen atoms in total. The minimum atomic E-state index is -0.958. The van der Waals surface area contributed by atoms with E-state index in [1.54, 1.807) is 6.07 Å². The topological polar surface area (TPSA) is 50.2 Å². The number of fused-ring (bicyclic) bond motifs is 1. The maximum absolute atomic E-state index is 10.7. The van der Waals surface area contributed by atoms with Gasteiger partial charge in [-0.05, 0) is 12.1 Å². The Kier molecular flexibility index (Phi) is 2.46. The second kappa shape index (κ2) is 3.92. The SMILES string of the molecule is O=C(O)c1cnc2/c(c1)=C\C=C/C=C\C=2. The molecule has 0 atom stereocenters. The molecule has 2 rings (SSSR count). The Morgan fingerprint density at radius 2 is 1.87 bits per heavy atom. The molecule has 1 aromatic heterocycles. The summed E-state index contributed by atoms with van der Waals surface area (Å²) in [6.07, 6.45) is 12.6. The summed E-state index contributed by atoms with van der Waals surface area (Å²) in [7, 11) is 0. The van der Waals surface area contributed by atoms with Crippen LogP contribution in [0.5, 0.6) is 0 Å². The highest BCUT2D eigenvalue weighted by Gasteiger charge is 2.01. The van der Waals surface area contributed by atoms with Crippen LogP contribution in [0.4, 0.5) is 0 Å². The molecule has 0 fully saturated rings. The molecule has 0 spiro atoms. The van der Waals surface area contributed by atoms with Crippen LogP contribution in [0.1, 0.15) is 10.4 Å². The van der Waals surface area contributed by atoms with E-state index in [4.69, 9.17) is 5.11 Å². The van der Waals surface area contributed by atoms with E-state index in [0.29, 0.717) is 0 Å². The van der Waals surface area contributed by atoms with Crippen LogP contribution < -0.4 is 10.6 Å². The molecule has 1 aliphatic carbocycles. The Hall–Kier alpha value is -2.16. The third kappa shape index (κ3) is 2.02. The van der Waals surface area contributed by atoms with E-state index in [0.717, 1.165) is 10.6 Å². The molecule has 0 radical (unpaired) electrons. The summed E-state index contributed by atoms with van der Waals surface area (Å²) in [5.74, 6) is -0.958. The number of pyridine rings is 1. The largest absolute Gasteiger partial charge is 0.478 e. The first-order chi connectivity index (χ1) is 7.27. The monoisotopic (exact) mass is 199 g/mol. The van der Waals surface area contributed by atoms with E-state index < -0.39 is 5.97 Å². The average Bonchev–Trinajstić information content (AvgIpc) is 2.18. The van der Waals surface area contributed by atoms with Gasteiger partial charge < -0.3 is 5.11 Å². The number of carboxylic acids is 1. The van der Waals surface area contributed by atoms with Crippen LogP contribution in [0.3, 0.4) is 0 Å². The van der Waals surface area contributed by atoms with Crippen molar-refractivity contribution in [2.24, 2.45) is 0 Å². The molecule has 0 saturated carbocycles. The number of rotatable bonds is 1. The van der Waals surface area contributed by atoms with Crippen molar-refractivity contribution in [2.45, 2.75) is 0 Å². The summed E-state index contributed by atoms with van der Waals surface area (Å²) in [6, 6.07) is 1.62. The molecule has 0 unspecified atom stereocenters. The molecule has 74 valence electrons. The van der Waals surface area contributed by atoms with Crippen molar-refractivity contribution in [1.29, 1.82) is 0 Å². The summed E-state index contributed by atoms with van der Waals surface area (Å²) < 4.78 is 0. The van der Waals surface area contributed by atoms with Crippen LogP contribution in [0.25, 0.3) is 12.2 Å². The van der Waals surface area contributed by atoms with Crippen LogP contribution in [0, 0.1) is 0 Å². The molecule has 0 aromatic carbocycles. The Morgan fingerprint density at radius 1 is 1.13 bits per heavy atom. The Morgan fingerprint density at radius 3 is 2.60 bits per heavy atom. The van der Waals surface area contributed by atoms with Gasteiger partial charge in [0.1, 0.15) is 0 Å². The van der Waals surface area contributed by atoms with Gasteiger partial charge in [0.15, 0.2) is 0 Å². The van der Waals surface area contributed by atoms with Crippen molar-refractivity contribution in [2.75, 3.05) is 0 Å². The number of hydrogen-bond donors (Lipinski definition) is 1. The normalized spacial score (nSPS) is 21.9. The molecule has 0 bridgehead atoms. The van der Waals surface area contributed by atoms with Crippen molar-refractivity contribution in [1.82, 2.24) is 4.98 Å². The molecule has 3 heteroatoms. The number of allylic oxidation sites excluding steroid dienone is 4. The first-order valence-corrected chi connectivity index (χ1v) is 4.52. The van der Waals surface area contributed by atoms with Crippen LogP contribution in [-0.4, -0.2) is 16.1 Å². The van der Waals surface area contributed by atoms with Crippen molar-refractivity contribution in [3.05, 3.63) is 52.7 Å². The fourth-order valence-electron chi connectivity index (χ4n) is 1.32. The number of aromatic carboxylic acids is 1. The summed E-state index contributed by atoms with van der Waals surface area (Å²) in [4.78, 5) is 14.8. The fraction of sp³-hybridized carbons (Fsp3) is 0. The van der Waals surface area contributed by atoms with Gasteiger partial charge in [-0.1, -0.05) is 30.4 Å². The predicted molar refractivity (Wildman–Crippen MR) is 57.7 cm³/mol. The van der Waals surface area contributed by atoms with Crippen LogP contribution in [0.15, 0.2) is 36.6 Å². The zero-order valence-electron chi connectivity index (χ0n) is 7.92. The third-order valence-corrected chi connectivity index (χ3v) is 2.06. The van der Waals surface area contributed by atoms with Gasteiger partial charge in [-0.25, -0.2) is 4.79 Å². The van der Waals surface area contributed by atoms with E-state index in [1.807, 2.05) is 36.5 Å². The molecule has 1 aromatic rings. The predicted octanol–water partition coefficient (Wildman–Crippen LogP) is 0.467. The molecule has 0 amide bonds. The highest BCUT2D eigenvalue weighted by Crippen LogP contribution is 1.90. The lowest BCUT2D eigenvalue weighted by Crippen LogP contribution is -2.29. The van der Waals surface area contributed by atoms with Gasteiger partial charge >= 0.3 is 5.97 Å². The van der Waals surface area contributed by atoms with Crippen molar-refractivity contribution >= 4 is 18.1 Å². The molecule has 1 N–H and O–H groups in total. The highest BCUT2D eigenvalue weighted by atomic mass is 16.4. The maximum Gasteiger partial charge on any atom is 0.337 e. The number of carbonyl (C=O) groups is 1. The van der Waals surface area contributed by atoms with E-state index >= 15 is 0 Å². The lowest BCUT2D eigenvalue weighted by Gasteiger charge is -1.95. The second-order valence-electron chi connectivity index (χ2n) is 3.11. The molecule has 1 aliphatic rings.